The number of hydrogen-bond donors (Lipinski definition) is 1. The molecule has 0 saturated carbocycles. The van der Waals surface area contributed by atoms with Crippen molar-refractivity contribution >= 4 is 29.2 Å². The normalized spacial score (nSPS) is 16.8. The molecule has 1 atom stereocenters. The highest BCUT2D eigenvalue weighted by molar-refractivity contribution is 6.16. The Kier molecular flexibility index (Phi) is 5.68. The fourth-order valence-corrected chi connectivity index (χ4v) is 2.99. The second-order valence-electron chi connectivity index (χ2n) is 6.71. The van der Waals surface area contributed by atoms with E-state index < -0.39 is 42.5 Å². The van der Waals surface area contributed by atoms with Crippen LogP contribution < -0.4 is 15.0 Å². The van der Waals surface area contributed by atoms with Crippen LogP contribution in [0.1, 0.15) is 12.5 Å². The van der Waals surface area contributed by atoms with Crippen LogP contribution >= 0.6 is 0 Å². The van der Waals surface area contributed by atoms with E-state index in [9.17, 15) is 27.6 Å². The number of halogens is 3. The number of rotatable bonds is 5. The molecule has 0 aliphatic carbocycles. The molecule has 1 N–H and O–H groups in total. The summed E-state index contributed by atoms with van der Waals surface area (Å²) < 4.78 is 40.3. The lowest BCUT2D eigenvalue weighted by molar-refractivity contribution is -0.274. The lowest BCUT2D eigenvalue weighted by Gasteiger charge is -2.19. The van der Waals surface area contributed by atoms with Crippen LogP contribution in [0.15, 0.2) is 48.5 Å². The Morgan fingerprint density at radius 3 is 2.23 bits per heavy atom. The van der Waals surface area contributed by atoms with Gasteiger partial charge in [-0.3, -0.25) is 19.4 Å². The van der Waals surface area contributed by atoms with E-state index in [2.05, 4.69) is 10.1 Å². The summed E-state index contributed by atoms with van der Waals surface area (Å²) in [6.07, 6.45) is -4.82. The molecular weight excluding hydrogens is 403 g/mol. The fourth-order valence-electron chi connectivity index (χ4n) is 2.99. The van der Waals surface area contributed by atoms with Crippen LogP contribution in [0, 0.1) is 6.92 Å². The van der Waals surface area contributed by atoms with Crippen molar-refractivity contribution < 1.29 is 32.3 Å². The quantitative estimate of drug-likeness (QED) is 0.747. The predicted octanol–water partition coefficient (Wildman–Crippen LogP) is 3.69. The van der Waals surface area contributed by atoms with Gasteiger partial charge in [0.25, 0.3) is 5.91 Å². The highest BCUT2D eigenvalue weighted by Gasteiger charge is 2.44. The van der Waals surface area contributed by atoms with Crippen molar-refractivity contribution in [3.63, 3.8) is 0 Å². The van der Waals surface area contributed by atoms with E-state index >= 15 is 0 Å². The molecule has 3 rings (SSSR count). The van der Waals surface area contributed by atoms with E-state index in [1.54, 1.807) is 31.2 Å². The summed E-state index contributed by atoms with van der Waals surface area (Å²) in [6, 6.07) is 10.2. The number of nitrogens with one attached hydrogen (secondary N) is 1. The minimum atomic E-state index is -4.82. The van der Waals surface area contributed by atoms with Crippen molar-refractivity contribution in [2.24, 2.45) is 0 Å². The van der Waals surface area contributed by atoms with Gasteiger partial charge in [0.05, 0.1) is 0 Å². The first-order valence-corrected chi connectivity index (χ1v) is 8.92. The number of ether oxygens (including phenoxy) is 1. The molecule has 1 fully saturated rings. The molecule has 7 nitrogen and oxygen atoms in total. The van der Waals surface area contributed by atoms with Gasteiger partial charge in [0.2, 0.25) is 5.91 Å². The fraction of sp³-hybridized carbons (Fsp3) is 0.250. The molecule has 0 spiro atoms. The van der Waals surface area contributed by atoms with Crippen molar-refractivity contribution in [1.82, 2.24) is 4.90 Å². The first-order valence-electron chi connectivity index (χ1n) is 8.92. The first kappa shape index (κ1) is 21.2. The highest BCUT2D eigenvalue weighted by atomic mass is 19.4. The molecular formula is C20H18F3N3O4. The van der Waals surface area contributed by atoms with Gasteiger partial charge in [-0.25, -0.2) is 4.79 Å². The topological polar surface area (TPSA) is 79.0 Å². The summed E-state index contributed by atoms with van der Waals surface area (Å²) in [4.78, 5) is 39.6. The zero-order valence-electron chi connectivity index (χ0n) is 16.1. The van der Waals surface area contributed by atoms with Crippen LogP contribution in [0.4, 0.5) is 29.3 Å². The van der Waals surface area contributed by atoms with Crippen LogP contribution in [0.2, 0.25) is 0 Å². The van der Waals surface area contributed by atoms with Gasteiger partial charge in [-0.15, -0.1) is 13.2 Å². The molecule has 10 heteroatoms. The number of aryl methyl sites for hydroxylation is 1. The summed E-state index contributed by atoms with van der Waals surface area (Å²) >= 11 is 0. The molecule has 2 aromatic carbocycles. The van der Waals surface area contributed by atoms with Gasteiger partial charge >= 0.3 is 12.4 Å². The van der Waals surface area contributed by atoms with E-state index in [0.717, 1.165) is 22.6 Å². The summed E-state index contributed by atoms with van der Waals surface area (Å²) in [5, 5.41) is 2.44. The standard InChI is InChI=1S/C20H18F3N3O4/c1-12-3-7-15(8-4-12)26-13(2)18(28)25(19(26)29)11-17(27)24-14-5-9-16(10-6-14)30-20(21,22)23/h3-10,13H,11H2,1-2H3,(H,24,27). The first-order chi connectivity index (χ1) is 14.0. The van der Waals surface area contributed by atoms with Crippen LogP contribution in [0.3, 0.4) is 0 Å². The van der Waals surface area contributed by atoms with Crippen LogP contribution in [0.25, 0.3) is 0 Å². The Bertz CT molecular complexity index is 959. The van der Waals surface area contributed by atoms with Crippen molar-refractivity contribution in [2.45, 2.75) is 26.3 Å². The predicted molar refractivity (Wildman–Crippen MR) is 102 cm³/mol. The number of amides is 4. The summed E-state index contributed by atoms with van der Waals surface area (Å²) in [5.74, 6) is -1.63. The maximum Gasteiger partial charge on any atom is 0.573 e. The van der Waals surface area contributed by atoms with Crippen LogP contribution in [-0.2, 0) is 9.59 Å². The van der Waals surface area contributed by atoms with E-state index in [0.29, 0.717) is 5.69 Å². The van der Waals surface area contributed by atoms with E-state index in [1.807, 2.05) is 6.92 Å². The van der Waals surface area contributed by atoms with Crippen molar-refractivity contribution in [3.05, 3.63) is 54.1 Å². The number of nitrogens with zero attached hydrogens (tertiary/aromatic N) is 2. The Balaban J connectivity index is 1.65. The lowest BCUT2D eigenvalue weighted by Crippen LogP contribution is -2.39. The summed E-state index contributed by atoms with van der Waals surface area (Å²) in [5.41, 5.74) is 1.72. The van der Waals surface area contributed by atoms with E-state index in [1.165, 1.54) is 17.0 Å². The monoisotopic (exact) mass is 421 g/mol. The number of carbonyl (C=O) groups excluding carboxylic acids is 3. The summed E-state index contributed by atoms with van der Waals surface area (Å²) in [7, 11) is 0. The van der Waals surface area contributed by atoms with E-state index in [-0.39, 0.29) is 5.69 Å². The van der Waals surface area contributed by atoms with E-state index in [4.69, 9.17) is 0 Å². The minimum Gasteiger partial charge on any atom is -0.406 e. The molecule has 0 bridgehead atoms. The largest absolute Gasteiger partial charge is 0.573 e. The maximum atomic E-state index is 12.7. The second-order valence-corrected chi connectivity index (χ2v) is 6.71. The molecule has 4 amide bonds. The SMILES string of the molecule is Cc1ccc(N2C(=O)N(CC(=O)Nc3ccc(OC(F)(F)F)cc3)C(=O)C2C)cc1. The van der Waals surface area contributed by atoms with Gasteiger partial charge in [0, 0.05) is 11.4 Å². The van der Waals surface area contributed by atoms with Gasteiger partial charge in [0.1, 0.15) is 18.3 Å². The number of hydrogen-bond acceptors (Lipinski definition) is 4. The van der Waals surface area contributed by atoms with Crippen LogP contribution in [0.5, 0.6) is 5.75 Å². The molecule has 30 heavy (non-hydrogen) atoms. The minimum absolute atomic E-state index is 0.192. The number of carbonyl (C=O) groups is 3. The Morgan fingerprint density at radius 2 is 1.67 bits per heavy atom. The van der Waals surface area contributed by atoms with Gasteiger partial charge in [-0.05, 0) is 50.2 Å². The van der Waals surface area contributed by atoms with Gasteiger partial charge in [-0.2, -0.15) is 0 Å². The van der Waals surface area contributed by atoms with Gasteiger partial charge < -0.3 is 10.1 Å². The zero-order chi connectivity index (χ0) is 22.1. The molecule has 1 unspecified atom stereocenters. The Labute approximate surface area is 170 Å². The van der Waals surface area contributed by atoms with Crippen molar-refractivity contribution in [2.75, 3.05) is 16.8 Å². The molecule has 1 saturated heterocycles. The Hall–Kier alpha value is -3.56. The highest BCUT2D eigenvalue weighted by Crippen LogP contribution is 2.27. The molecule has 0 aromatic heterocycles. The molecule has 1 aliphatic rings. The zero-order valence-corrected chi connectivity index (χ0v) is 16.1. The smallest absolute Gasteiger partial charge is 0.406 e. The van der Waals surface area contributed by atoms with Crippen molar-refractivity contribution in [1.29, 1.82) is 0 Å². The molecule has 2 aromatic rings. The lowest BCUT2D eigenvalue weighted by atomic mass is 10.2. The average Bonchev–Trinajstić information content (AvgIpc) is 2.86. The van der Waals surface area contributed by atoms with Crippen LogP contribution in [-0.4, -0.2) is 41.7 Å². The third-order valence-corrected chi connectivity index (χ3v) is 4.43. The second kappa shape index (κ2) is 8.05. The number of benzene rings is 2. The van der Waals surface area contributed by atoms with Crippen molar-refractivity contribution in [3.8, 4) is 5.75 Å². The average molecular weight is 421 g/mol. The maximum absolute atomic E-state index is 12.7. The number of alkyl halides is 3. The third-order valence-electron chi connectivity index (χ3n) is 4.43. The summed E-state index contributed by atoms with van der Waals surface area (Å²) in [6.45, 7) is 2.94. The van der Waals surface area contributed by atoms with Gasteiger partial charge in [0.15, 0.2) is 0 Å². The Morgan fingerprint density at radius 1 is 1.07 bits per heavy atom. The molecule has 0 radical (unpaired) electrons. The number of anilines is 2. The molecule has 158 valence electrons. The molecule has 1 heterocycles. The third kappa shape index (κ3) is 4.70. The number of imide groups is 1. The molecule has 1 aliphatic heterocycles. The number of urea groups is 1. The van der Waals surface area contributed by atoms with Gasteiger partial charge in [-0.1, -0.05) is 17.7 Å².